The standard InChI is InChI=1S/C13H14FNO4/c1-13(12(17)18)8-15(11(16)7-19-13)6-9-4-2-3-5-10(9)14/h2-5H,6-8H2,1H3,(H,17,18). The molecule has 1 fully saturated rings. The van der Waals surface area contributed by atoms with Gasteiger partial charge < -0.3 is 14.7 Å². The number of carbonyl (C=O) groups is 2. The number of carboxylic acids is 1. The van der Waals surface area contributed by atoms with Crippen molar-refractivity contribution in [2.24, 2.45) is 0 Å². The van der Waals surface area contributed by atoms with E-state index in [1.54, 1.807) is 18.2 Å². The number of hydrogen-bond donors (Lipinski definition) is 1. The van der Waals surface area contributed by atoms with Crippen molar-refractivity contribution >= 4 is 11.9 Å². The van der Waals surface area contributed by atoms with Crippen LogP contribution in [0.4, 0.5) is 4.39 Å². The first-order valence-electron chi connectivity index (χ1n) is 5.81. The molecule has 0 radical (unpaired) electrons. The summed E-state index contributed by atoms with van der Waals surface area (Å²) in [6, 6.07) is 6.09. The number of halogens is 1. The van der Waals surface area contributed by atoms with Gasteiger partial charge in [0.2, 0.25) is 5.91 Å². The predicted molar refractivity (Wildman–Crippen MR) is 63.8 cm³/mol. The van der Waals surface area contributed by atoms with Crippen molar-refractivity contribution in [1.82, 2.24) is 4.90 Å². The lowest BCUT2D eigenvalue weighted by Crippen LogP contribution is -2.56. The zero-order valence-corrected chi connectivity index (χ0v) is 10.4. The van der Waals surface area contributed by atoms with Gasteiger partial charge in [0.05, 0.1) is 6.54 Å². The quantitative estimate of drug-likeness (QED) is 0.888. The third kappa shape index (κ3) is 2.73. The maximum absolute atomic E-state index is 13.5. The molecule has 1 N–H and O–H groups in total. The van der Waals surface area contributed by atoms with Gasteiger partial charge in [-0.15, -0.1) is 0 Å². The minimum absolute atomic E-state index is 0.0394. The van der Waals surface area contributed by atoms with Gasteiger partial charge in [0.25, 0.3) is 0 Å². The fraction of sp³-hybridized carbons (Fsp3) is 0.385. The Morgan fingerprint density at radius 3 is 2.84 bits per heavy atom. The number of carboxylic acid groups (broad SMARTS) is 1. The normalized spacial score (nSPS) is 23.5. The maximum Gasteiger partial charge on any atom is 0.337 e. The molecule has 2 rings (SSSR count). The molecule has 1 heterocycles. The summed E-state index contributed by atoms with van der Waals surface area (Å²) in [5.74, 6) is -1.90. The zero-order chi connectivity index (χ0) is 14.0. The molecule has 0 aromatic heterocycles. The SMILES string of the molecule is CC1(C(=O)O)CN(Cc2ccccc2F)C(=O)CO1. The Labute approximate surface area is 109 Å². The van der Waals surface area contributed by atoms with Gasteiger partial charge in [0, 0.05) is 12.1 Å². The Bertz CT molecular complexity index is 519. The second-order valence-corrected chi connectivity index (χ2v) is 4.67. The highest BCUT2D eigenvalue weighted by molar-refractivity contribution is 5.83. The first-order chi connectivity index (χ1) is 8.92. The van der Waals surface area contributed by atoms with Crippen LogP contribution in [0.5, 0.6) is 0 Å². The number of nitrogens with zero attached hydrogens (tertiary/aromatic N) is 1. The molecule has 1 aromatic carbocycles. The monoisotopic (exact) mass is 267 g/mol. The second-order valence-electron chi connectivity index (χ2n) is 4.67. The van der Waals surface area contributed by atoms with E-state index in [1.165, 1.54) is 17.9 Å². The predicted octanol–water partition coefficient (Wildman–Crippen LogP) is 1.03. The second kappa shape index (κ2) is 4.97. The van der Waals surface area contributed by atoms with Crippen LogP contribution in [0.2, 0.25) is 0 Å². The van der Waals surface area contributed by atoms with Gasteiger partial charge in [-0.05, 0) is 13.0 Å². The molecule has 0 spiro atoms. The Hall–Kier alpha value is -1.95. The van der Waals surface area contributed by atoms with Crippen molar-refractivity contribution in [3.8, 4) is 0 Å². The van der Waals surface area contributed by atoms with E-state index in [2.05, 4.69) is 0 Å². The molecule has 1 amide bonds. The number of hydrogen-bond acceptors (Lipinski definition) is 3. The topological polar surface area (TPSA) is 66.8 Å². The highest BCUT2D eigenvalue weighted by Gasteiger charge is 2.42. The third-order valence-electron chi connectivity index (χ3n) is 3.13. The van der Waals surface area contributed by atoms with Crippen molar-refractivity contribution in [3.63, 3.8) is 0 Å². The summed E-state index contributed by atoms with van der Waals surface area (Å²) in [6.07, 6.45) is 0. The first kappa shape index (κ1) is 13.5. The summed E-state index contributed by atoms with van der Waals surface area (Å²) in [5.41, 5.74) is -1.09. The first-order valence-corrected chi connectivity index (χ1v) is 5.81. The van der Waals surface area contributed by atoms with Crippen molar-refractivity contribution in [3.05, 3.63) is 35.6 Å². The number of ether oxygens (including phenoxy) is 1. The molecule has 102 valence electrons. The van der Waals surface area contributed by atoms with Crippen LogP contribution in [0.3, 0.4) is 0 Å². The highest BCUT2D eigenvalue weighted by Crippen LogP contribution is 2.21. The molecule has 1 aliphatic heterocycles. The van der Waals surface area contributed by atoms with Crippen LogP contribution in [0.25, 0.3) is 0 Å². The largest absolute Gasteiger partial charge is 0.479 e. The summed E-state index contributed by atoms with van der Waals surface area (Å²) in [6.45, 7) is 1.03. The molecule has 0 saturated carbocycles. The van der Waals surface area contributed by atoms with Crippen LogP contribution in [0, 0.1) is 5.82 Å². The number of carbonyl (C=O) groups excluding carboxylic acids is 1. The van der Waals surface area contributed by atoms with Gasteiger partial charge in [-0.25, -0.2) is 9.18 Å². The maximum atomic E-state index is 13.5. The summed E-state index contributed by atoms with van der Waals surface area (Å²) in [7, 11) is 0. The average molecular weight is 267 g/mol. The van der Waals surface area contributed by atoms with Crippen LogP contribution in [0.1, 0.15) is 12.5 Å². The fourth-order valence-electron chi connectivity index (χ4n) is 1.92. The van der Waals surface area contributed by atoms with Gasteiger partial charge in [-0.3, -0.25) is 4.79 Å². The summed E-state index contributed by atoms with van der Waals surface area (Å²) in [4.78, 5) is 24.1. The fourth-order valence-corrected chi connectivity index (χ4v) is 1.92. The minimum Gasteiger partial charge on any atom is -0.479 e. The van der Waals surface area contributed by atoms with Crippen LogP contribution in [0.15, 0.2) is 24.3 Å². The van der Waals surface area contributed by atoms with Crippen LogP contribution < -0.4 is 0 Å². The molecule has 1 aromatic rings. The van der Waals surface area contributed by atoms with Gasteiger partial charge in [-0.2, -0.15) is 0 Å². The lowest BCUT2D eigenvalue weighted by Gasteiger charge is -2.37. The third-order valence-corrected chi connectivity index (χ3v) is 3.13. The number of aliphatic carboxylic acids is 1. The van der Waals surface area contributed by atoms with Gasteiger partial charge in [0.1, 0.15) is 12.4 Å². The van der Waals surface area contributed by atoms with Crippen molar-refractivity contribution < 1.29 is 23.8 Å². The van der Waals surface area contributed by atoms with Crippen molar-refractivity contribution in [2.75, 3.05) is 13.2 Å². The Kier molecular flexibility index (Phi) is 3.53. The lowest BCUT2D eigenvalue weighted by molar-refractivity contribution is -0.182. The van der Waals surface area contributed by atoms with E-state index in [9.17, 15) is 14.0 Å². The molecule has 1 unspecified atom stereocenters. The Morgan fingerprint density at radius 2 is 2.21 bits per heavy atom. The molecule has 1 saturated heterocycles. The van der Waals surface area contributed by atoms with Crippen LogP contribution >= 0.6 is 0 Å². The zero-order valence-electron chi connectivity index (χ0n) is 10.4. The molecule has 19 heavy (non-hydrogen) atoms. The lowest BCUT2D eigenvalue weighted by atomic mass is 10.0. The molecule has 0 aliphatic carbocycles. The van der Waals surface area contributed by atoms with Crippen molar-refractivity contribution in [1.29, 1.82) is 0 Å². The van der Waals surface area contributed by atoms with E-state index < -0.39 is 17.4 Å². The summed E-state index contributed by atoms with van der Waals surface area (Å²) >= 11 is 0. The van der Waals surface area contributed by atoms with E-state index in [1.807, 2.05) is 0 Å². The van der Waals surface area contributed by atoms with E-state index >= 15 is 0 Å². The highest BCUT2D eigenvalue weighted by atomic mass is 19.1. The number of amides is 1. The molecular formula is C13H14FNO4. The smallest absolute Gasteiger partial charge is 0.337 e. The van der Waals surface area contributed by atoms with E-state index in [0.29, 0.717) is 5.56 Å². The van der Waals surface area contributed by atoms with Gasteiger partial charge >= 0.3 is 5.97 Å². The van der Waals surface area contributed by atoms with Gasteiger partial charge in [-0.1, -0.05) is 18.2 Å². The number of morpholine rings is 1. The summed E-state index contributed by atoms with van der Waals surface area (Å²) < 4.78 is 18.6. The molecule has 1 aliphatic rings. The molecule has 1 atom stereocenters. The van der Waals surface area contributed by atoms with Crippen LogP contribution in [-0.4, -0.2) is 40.6 Å². The molecule has 5 nitrogen and oxygen atoms in total. The van der Waals surface area contributed by atoms with Crippen molar-refractivity contribution in [2.45, 2.75) is 19.1 Å². The molecule has 6 heteroatoms. The average Bonchev–Trinajstić information content (AvgIpc) is 2.36. The van der Waals surface area contributed by atoms with Gasteiger partial charge in [0.15, 0.2) is 5.60 Å². The molecule has 0 bridgehead atoms. The Balaban J connectivity index is 2.17. The molecular weight excluding hydrogens is 253 g/mol. The van der Waals surface area contributed by atoms with E-state index in [4.69, 9.17) is 9.84 Å². The Morgan fingerprint density at radius 1 is 1.53 bits per heavy atom. The van der Waals surface area contributed by atoms with E-state index in [-0.39, 0.29) is 25.6 Å². The number of benzene rings is 1. The van der Waals surface area contributed by atoms with Crippen LogP contribution in [-0.2, 0) is 20.9 Å². The number of rotatable bonds is 3. The minimum atomic E-state index is -1.45. The summed E-state index contributed by atoms with van der Waals surface area (Å²) in [5, 5.41) is 9.09. The van der Waals surface area contributed by atoms with E-state index in [0.717, 1.165) is 0 Å².